The summed E-state index contributed by atoms with van der Waals surface area (Å²) in [6, 6.07) is 6.59. The van der Waals surface area contributed by atoms with Gasteiger partial charge < -0.3 is 10.1 Å². The zero-order chi connectivity index (χ0) is 13.8. The number of aryl methyl sites for hydroxylation is 1. The van der Waals surface area contributed by atoms with E-state index < -0.39 is 0 Å². The van der Waals surface area contributed by atoms with Gasteiger partial charge in [0.2, 0.25) is 0 Å². The molecule has 1 fully saturated rings. The fourth-order valence-corrected chi connectivity index (χ4v) is 2.86. The Hall–Kier alpha value is -0.570. The van der Waals surface area contributed by atoms with Crippen molar-refractivity contribution in [1.29, 1.82) is 0 Å². The summed E-state index contributed by atoms with van der Waals surface area (Å²) in [6.45, 7) is 8.37. The van der Waals surface area contributed by atoms with Crippen molar-refractivity contribution in [3.8, 4) is 0 Å². The highest BCUT2D eigenvalue weighted by atomic mass is 35.5. The third kappa shape index (κ3) is 3.50. The van der Waals surface area contributed by atoms with Gasteiger partial charge in [-0.2, -0.15) is 0 Å². The Morgan fingerprint density at radius 2 is 2.26 bits per heavy atom. The number of hydrogen-bond acceptors (Lipinski definition) is 2. The second-order valence-corrected chi connectivity index (χ2v) is 5.95. The van der Waals surface area contributed by atoms with E-state index in [1.807, 2.05) is 6.92 Å². The summed E-state index contributed by atoms with van der Waals surface area (Å²) in [4.78, 5) is 0. The van der Waals surface area contributed by atoms with Crippen molar-refractivity contribution in [3.63, 3.8) is 0 Å². The molecule has 1 aliphatic heterocycles. The van der Waals surface area contributed by atoms with Gasteiger partial charge in [0.1, 0.15) is 0 Å². The second kappa shape index (κ2) is 6.74. The molecule has 3 atom stereocenters. The van der Waals surface area contributed by atoms with Crippen LogP contribution in [0.4, 0.5) is 0 Å². The molecule has 0 aliphatic carbocycles. The largest absolute Gasteiger partial charge is 0.376 e. The normalized spacial score (nSPS) is 24.6. The first-order chi connectivity index (χ1) is 9.13. The molecule has 1 aromatic rings. The lowest BCUT2D eigenvalue weighted by molar-refractivity contribution is 0.0607. The Morgan fingerprint density at radius 3 is 2.84 bits per heavy atom. The lowest BCUT2D eigenvalue weighted by Crippen LogP contribution is -2.35. The van der Waals surface area contributed by atoms with E-state index >= 15 is 0 Å². The van der Waals surface area contributed by atoms with Gasteiger partial charge in [0.25, 0.3) is 0 Å². The molecule has 1 aromatic carbocycles. The molecule has 3 heteroatoms. The highest BCUT2D eigenvalue weighted by Gasteiger charge is 2.32. The summed E-state index contributed by atoms with van der Waals surface area (Å²) in [6.07, 6.45) is 2.52. The molecular formula is C16H24ClNO. The molecule has 2 nitrogen and oxygen atoms in total. The maximum absolute atomic E-state index is 6.27. The predicted octanol–water partition coefficient (Wildman–Crippen LogP) is 4.11. The highest BCUT2D eigenvalue weighted by Crippen LogP contribution is 2.32. The SMILES string of the molecule is CCCNC(c1ccc(C)c(Cl)c1)C1OCCC1C. The van der Waals surface area contributed by atoms with Crippen LogP contribution in [-0.2, 0) is 4.74 Å². The van der Waals surface area contributed by atoms with Crippen LogP contribution >= 0.6 is 11.6 Å². The van der Waals surface area contributed by atoms with Crippen molar-refractivity contribution in [1.82, 2.24) is 5.32 Å². The van der Waals surface area contributed by atoms with Crippen LogP contribution in [0.15, 0.2) is 18.2 Å². The smallest absolute Gasteiger partial charge is 0.0795 e. The van der Waals surface area contributed by atoms with Crippen LogP contribution in [0.5, 0.6) is 0 Å². The van der Waals surface area contributed by atoms with Crippen molar-refractivity contribution < 1.29 is 4.74 Å². The average molecular weight is 282 g/mol. The van der Waals surface area contributed by atoms with Gasteiger partial charge in [0, 0.05) is 11.6 Å². The van der Waals surface area contributed by atoms with Gasteiger partial charge in [-0.05, 0) is 49.4 Å². The number of nitrogens with one attached hydrogen (secondary N) is 1. The van der Waals surface area contributed by atoms with E-state index in [4.69, 9.17) is 16.3 Å². The van der Waals surface area contributed by atoms with Gasteiger partial charge in [0.05, 0.1) is 12.1 Å². The van der Waals surface area contributed by atoms with Gasteiger partial charge in [-0.3, -0.25) is 0 Å². The van der Waals surface area contributed by atoms with Crippen LogP contribution in [0.3, 0.4) is 0 Å². The Labute approximate surface area is 121 Å². The fraction of sp³-hybridized carbons (Fsp3) is 0.625. The molecule has 1 N–H and O–H groups in total. The highest BCUT2D eigenvalue weighted by molar-refractivity contribution is 6.31. The van der Waals surface area contributed by atoms with Crippen LogP contribution in [0.2, 0.25) is 5.02 Å². The quantitative estimate of drug-likeness (QED) is 0.877. The summed E-state index contributed by atoms with van der Waals surface area (Å²) in [5, 5.41) is 4.46. The van der Waals surface area contributed by atoms with Crippen LogP contribution in [0.1, 0.15) is 43.9 Å². The summed E-state index contributed by atoms with van der Waals surface area (Å²) in [5.74, 6) is 0.592. The summed E-state index contributed by atoms with van der Waals surface area (Å²) in [5.41, 5.74) is 2.36. The zero-order valence-corrected chi connectivity index (χ0v) is 12.8. The zero-order valence-electron chi connectivity index (χ0n) is 12.1. The van der Waals surface area contributed by atoms with Crippen molar-refractivity contribution in [2.75, 3.05) is 13.2 Å². The maximum Gasteiger partial charge on any atom is 0.0795 e. The third-order valence-corrected chi connectivity index (χ3v) is 4.35. The monoisotopic (exact) mass is 281 g/mol. The molecule has 0 bridgehead atoms. The Bertz CT molecular complexity index is 421. The fourth-order valence-electron chi connectivity index (χ4n) is 2.67. The molecule has 1 heterocycles. The lowest BCUT2D eigenvalue weighted by atomic mass is 9.92. The Kier molecular flexibility index (Phi) is 5.26. The molecule has 2 rings (SSSR count). The molecule has 1 saturated heterocycles. The molecule has 0 radical (unpaired) electrons. The minimum atomic E-state index is 0.246. The van der Waals surface area contributed by atoms with Crippen LogP contribution < -0.4 is 5.32 Å². The van der Waals surface area contributed by atoms with Crippen molar-refractivity contribution in [3.05, 3.63) is 34.3 Å². The van der Waals surface area contributed by atoms with Crippen LogP contribution in [0.25, 0.3) is 0 Å². The molecule has 0 amide bonds. The van der Waals surface area contributed by atoms with Crippen molar-refractivity contribution >= 4 is 11.6 Å². The number of rotatable bonds is 5. The number of benzene rings is 1. The van der Waals surface area contributed by atoms with Gasteiger partial charge in [-0.1, -0.05) is 37.6 Å². The molecule has 3 unspecified atom stereocenters. The first-order valence-corrected chi connectivity index (χ1v) is 7.62. The third-order valence-electron chi connectivity index (χ3n) is 3.94. The minimum absolute atomic E-state index is 0.246. The molecule has 0 saturated carbocycles. The predicted molar refractivity (Wildman–Crippen MR) is 80.7 cm³/mol. The summed E-state index contributed by atoms with van der Waals surface area (Å²) < 4.78 is 5.94. The van der Waals surface area contributed by atoms with Crippen LogP contribution in [-0.4, -0.2) is 19.3 Å². The van der Waals surface area contributed by atoms with E-state index in [1.54, 1.807) is 0 Å². The van der Waals surface area contributed by atoms with Gasteiger partial charge in [-0.25, -0.2) is 0 Å². The van der Waals surface area contributed by atoms with E-state index in [-0.39, 0.29) is 12.1 Å². The van der Waals surface area contributed by atoms with Crippen molar-refractivity contribution in [2.45, 2.75) is 45.8 Å². The van der Waals surface area contributed by atoms with Crippen LogP contribution in [0, 0.1) is 12.8 Å². The summed E-state index contributed by atoms with van der Waals surface area (Å²) >= 11 is 6.27. The Balaban J connectivity index is 2.22. The molecule has 106 valence electrons. The van der Waals surface area contributed by atoms with E-state index in [9.17, 15) is 0 Å². The lowest BCUT2D eigenvalue weighted by Gasteiger charge is -2.28. The average Bonchev–Trinajstić information content (AvgIpc) is 2.80. The Morgan fingerprint density at radius 1 is 1.47 bits per heavy atom. The number of halogens is 1. The minimum Gasteiger partial charge on any atom is -0.376 e. The molecule has 0 spiro atoms. The van der Waals surface area contributed by atoms with E-state index in [0.717, 1.165) is 36.6 Å². The molecular weight excluding hydrogens is 258 g/mol. The number of ether oxygens (including phenoxy) is 1. The van der Waals surface area contributed by atoms with E-state index in [2.05, 4.69) is 37.4 Å². The maximum atomic E-state index is 6.27. The first-order valence-electron chi connectivity index (χ1n) is 7.24. The van der Waals surface area contributed by atoms with E-state index in [1.165, 1.54) is 5.56 Å². The molecule has 0 aromatic heterocycles. The second-order valence-electron chi connectivity index (χ2n) is 5.54. The van der Waals surface area contributed by atoms with Crippen molar-refractivity contribution in [2.24, 2.45) is 5.92 Å². The molecule has 1 aliphatic rings. The summed E-state index contributed by atoms with van der Waals surface area (Å²) in [7, 11) is 0. The van der Waals surface area contributed by atoms with Gasteiger partial charge >= 0.3 is 0 Å². The molecule has 19 heavy (non-hydrogen) atoms. The first kappa shape index (κ1) is 14.8. The van der Waals surface area contributed by atoms with E-state index in [0.29, 0.717) is 5.92 Å². The topological polar surface area (TPSA) is 21.3 Å². The van der Waals surface area contributed by atoms with Gasteiger partial charge in [-0.15, -0.1) is 0 Å². The van der Waals surface area contributed by atoms with Gasteiger partial charge in [0.15, 0.2) is 0 Å². The number of hydrogen-bond donors (Lipinski definition) is 1. The standard InChI is InChI=1S/C16H24ClNO/c1-4-8-18-15(16-12(3)7-9-19-16)13-6-5-11(2)14(17)10-13/h5-6,10,12,15-16,18H,4,7-9H2,1-3H3.